The minimum Gasteiger partial charge on any atom is -0.392 e. The second-order valence-electron chi connectivity index (χ2n) is 5.67. The van der Waals surface area contributed by atoms with Gasteiger partial charge in [-0.2, -0.15) is 5.10 Å². The molecule has 0 aliphatic carbocycles. The van der Waals surface area contributed by atoms with Gasteiger partial charge in [0.1, 0.15) is 0 Å². The third-order valence-corrected chi connectivity index (χ3v) is 4.41. The summed E-state index contributed by atoms with van der Waals surface area (Å²) >= 11 is 6.33. The number of aromatic nitrogens is 2. The standard InChI is InChI=1S/C17H23ClN2O/c1-5-15-17(18)16(20(4)19-15)10-14(21)9-13-7-6-11(2)12(3)8-13/h6-8,14,21H,5,9-10H2,1-4H3. The minimum atomic E-state index is -0.454. The SMILES string of the molecule is CCc1nn(C)c(CC(O)Cc2ccc(C)c(C)c2)c1Cl. The normalized spacial score (nSPS) is 12.7. The van der Waals surface area contributed by atoms with Gasteiger partial charge < -0.3 is 5.11 Å². The molecule has 0 saturated carbocycles. The van der Waals surface area contributed by atoms with Crippen LogP contribution in [0.5, 0.6) is 0 Å². The summed E-state index contributed by atoms with van der Waals surface area (Å²) in [5, 5.41) is 15.4. The predicted octanol–water partition coefficient (Wildman–Crippen LogP) is 3.40. The van der Waals surface area contributed by atoms with E-state index in [9.17, 15) is 5.11 Å². The number of hydrogen-bond donors (Lipinski definition) is 1. The van der Waals surface area contributed by atoms with Crippen LogP contribution in [0, 0.1) is 13.8 Å². The van der Waals surface area contributed by atoms with Gasteiger partial charge in [0.2, 0.25) is 0 Å². The van der Waals surface area contributed by atoms with Gasteiger partial charge in [-0.05, 0) is 43.4 Å². The smallest absolute Gasteiger partial charge is 0.0850 e. The number of aliphatic hydroxyl groups excluding tert-OH is 1. The molecule has 4 heteroatoms. The first kappa shape index (κ1) is 16.1. The third-order valence-electron chi connectivity index (χ3n) is 3.97. The van der Waals surface area contributed by atoms with E-state index in [0.29, 0.717) is 17.9 Å². The van der Waals surface area contributed by atoms with Crippen LogP contribution in [0.1, 0.15) is 35.0 Å². The Balaban J connectivity index is 2.09. The van der Waals surface area contributed by atoms with Gasteiger partial charge >= 0.3 is 0 Å². The zero-order chi connectivity index (χ0) is 15.6. The average Bonchev–Trinajstić information content (AvgIpc) is 2.70. The van der Waals surface area contributed by atoms with Gasteiger partial charge in [-0.25, -0.2) is 0 Å². The van der Waals surface area contributed by atoms with Crippen LogP contribution in [0.2, 0.25) is 5.02 Å². The molecule has 21 heavy (non-hydrogen) atoms. The van der Waals surface area contributed by atoms with Crippen LogP contribution in [0.4, 0.5) is 0 Å². The van der Waals surface area contributed by atoms with Crippen molar-refractivity contribution < 1.29 is 5.11 Å². The van der Waals surface area contributed by atoms with Gasteiger partial charge in [0, 0.05) is 13.5 Å². The maximum Gasteiger partial charge on any atom is 0.0850 e. The molecule has 2 rings (SSSR count). The monoisotopic (exact) mass is 306 g/mol. The van der Waals surface area contributed by atoms with Crippen LogP contribution in [-0.4, -0.2) is 21.0 Å². The van der Waals surface area contributed by atoms with Crippen LogP contribution in [0.25, 0.3) is 0 Å². The topological polar surface area (TPSA) is 38.0 Å². The van der Waals surface area contributed by atoms with E-state index in [1.807, 2.05) is 14.0 Å². The van der Waals surface area contributed by atoms with Crippen LogP contribution >= 0.6 is 11.6 Å². The highest BCUT2D eigenvalue weighted by molar-refractivity contribution is 6.31. The zero-order valence-electron chi connectivity index (χ0n) is 13.2. The van der Waals surface area contributed by atoms with Gasteiger partial charge in [0.05, 0.1) is 22.5 Å². The molecule has 1 atom stereocenters. The molecule has 0 radical (unpaired) electrons. The zero-order valence-corrected chi connectivity index (χ0v) is 13.9. The Morgan fingerprint density at radius 3 is 2.52 bits per heavy atom. The first-order chi connectivity index (χ1) is 9.92. The molecule has 0 bridgehead atoms. The maximum atomic E-state index is 10.3. The highest BCUT2D eigenvalue weighted by Crippen LogP contribution is 2.23. The minimum absolute atomic E-state index is 0.454. The van der Waals surface area contributed by atoms with Crippen molar-refractivity contribution in [1.82, 2.24) is 9.78 Å². The highest BCUT2D eigenvalue weighted by atomic mass is 35.5. The Bertz CT molecular complexity index is 634. The number of benzene rings is 1. The first-order valence-electron chi connectivity index (χ1n) is 7.36. The summed E-state index contributed by atoms with van der Waals surface area (Å²) in [5.74, 6) is 0. The van der Waals surface area contributed by atoms with Gasteiger partial charge in [-0.3, -0.25) is 4.68 Å². The molecule has 0 spiro atoms. The van der Waals surface area contributed by atoms with Gasteiger partial charge in [-0.1, -0.05) is 36.7 Å². The van der Waals surface area contributed by atoms with Crippen LogP contribution < -0.4 is 0 Å². The maximum absolute atomic E-state index is 10.3. The lowest BCUT2D eigenvalue weighted by Crippen LogP contribution is -2.16. The number of aryl methyl sites for hydroxylation is 4. The quantitative estimate of drug-likeness (QED) is 0.919. The molecule has 1 aromatic carbocycles. The molecule has 1 aromatic heterocycles. The summed E-state index contributed by atoms with van der Waals surface area (Å²) in [5.41, 5.74) is 5.49. The molecule has 0 aliphatic rings. The van der Waals surface area contributed by atoms with E-state index < -0.39 is 6.10 Å². The van der Waals surface area contributed by atoms with E-state index in [1.165, 1.54) is 11.1 Å². The van der Waals surface area contributed by atoms with Gasteiger partial charge in [-0.15, -0.1) is 0 Å². The molecule has 0 fully saturated rings. The molecule has 2 aromatic rings. The summed E-state index contributed by atoms with van der Waals surface area (Å²) < 4.78 is 1.78. The summed E-state index contributed by atoms with van der Waals surface area (Å²) in [6, 6.07) is 6.32. The fraction of sp³-hybridized carbons (Fsp3) is 0.471. The van der Waals surface area contributed by atoms with E-state index in [0.717, 1.165) is 23.4 Å². The van der Waals surface area contributed by atoms with Crippen molar-refractivity contribution in [2.75, 3.05) is 0 Å². The molecule has 1 N–H and O–H groups in total. The number of nitrogens with zero attached hydrogens (tertiary/aromatic N) is 2. The largest absolute Gasteiger partial charge is 0.392 e. The highest BCUT2D eigenvalue weighted by Gasteiger charge is 2.17. The lowest BCUT2D eigenvalue weighted by atomic mass is 10.00. The van der Waals surface area contributed by atoms with E-state index >= 15 is 0 Å². The summed E-state index contributed by atoms with van der Waals surface area (Å²) in [4.78, 5) is 0. The number of halogens is 1. The van der Waals surface area contributed by atoms with E-state index in [4.69, 9.17) is 11.6 Å². The Labute approximate surface area is 131 Å². The van der Waals surface area contributed by atoms with Crippen molar-refractivity contribution in [3.63, 3.8) is 0 Å². The van der Waals surface area contributed by atoms with Crippen molar-refractivity contribution >= 4 is 11.6 Å². The Hall–Kier alpha value is -1.32. The Morgan fingerprint density at radius 1 is 1.24 bits per heavy atom. The molecule has 1 heterocycles. The van der Waals surface area contributed by atoms with Gasteiger partial charge in [0.15, 0.2) is 0 Å². The third kappa shape index (κ3) is 3.66. The molecule has 114 valence electrons. The molecule has 0 amide bonds. The lowest BCUT2D eigenvalue weighted by Gasteiger charge is -2.12. The fourth-order valence-corrected chi connectivity index (χ4v) is 2.91. The second-order valence-corrected chi connectivity index (χ2v) is 6.04. The predicted molar refractivity (Wildman–Crippen MR) is 86.9 cm³/mol. The van der Waals surface area contributed by atoms with Crippen LogP contribution in [0.3, 0.4) is 0 Å². The first-order valence-corrected chi connectivity index (χ1v) is 7.74. The number of rotatable bonds is 5. The molecule has 0 aliphatic heterocycles. The second kappa shape index (κ2) is 6.63. The van der Waals surface area contributed by atoms with Crippen molar-refractivity contribution in [3.05, 3.63) is 51.3 Å². The lowest BCUT2D eigenvalue weighted by molar-refractivity contribution is 0.173. The number of aliphatic hydroxyl groups is 1. The molecular formula is C17H23ClN2O. The van der Waals surface area contributed by atoms with Crippen molar-refractivity contribution in [1.29, 1.82) is 0 Å². The van der Waals surface area contributed by atoms with Gasteiger partial charge in [0.25, 0.3) is 0 Å². The summed E-state index contributed by atoms with van der Waals surface area (Å²) in [6.07, 6.45) is 1.50. The van der Waals surface area contributed by atoms with E-state index in [-0.39, 0.29) is 0 Å². The van der Waals surface area contributed by atoms with Crippen LogP contribution in [-0.2, 0) is 26.3 Å². The molecule has 0 saturated heterocycles. The van der Waals surface area contributed by atoms with E-state index in [2.05, 4.69) is 37.1 Å². The Kier molecular flexibility index (Phi) is 5.07. The molecular weight excluding hydrogens is 284 g/mol. The van der Waals surface area contributed by atoms with Crippen molar-refractivity contribution in [3.8, 4) is 0 Å². The molecule has 1 unspecified atom stereocenters. The summed E-state index contributed by atoms with van der Waals surface area (Å²) in [6.45, 7) is 6.22. The molecule has 3 nitrogen and oxygen atoms in total. The summed E-state index contributed by atoms with van der Waals surface area (Å²) in [7, 11) is 1.88. The van der Waals surface area contributed by atoms with Crippen LogP contribution in [0.15, 0.2) is 18.2 Å². The van der Waals surface area contributed by atoms with E-state index in [1.54, 1.807) is 4.68 Å². The van der Waals surface area contributed by atoms with Crippen molar-refractivity contribution in [2.45, 2.75) is 46.1 Å². The fourth-order valence-electron chi connectivity index (χ4n) is 2.54. The Morgan fingerprint density at radius 2 is 1.95 bits per heavy atom. The number of hydrogen-bond acceptors (Lipinski definition) is 2. The average molecular weight is 307 g/mol. The van der Waals surface area contributed by atoms with Crippen molar-refractivity contribution in [2.24, 2.45) is 7.05 Å².